The highest BCUT2D eigenvalue weighted by atomic mass is 19.1. The van der Waals surface area contributed by atoms with Gasteiger partial charge in [-0.25, -0.2) is 0 Å². The Bertz CT molecular complexity index is 544. The third kappa shape index (κ3) is 3.84. The first kappa shape index (κ1) is 15.7. The lowest BCUT2D eigenvalue weighted by atomic mass is 9.95. The molecule has 0 amide bonds. The van der Waals surface area contributed by atoms with E-state index in [0.717, 1.165) is 12.1 Å². The van der Waals surface area contributed by atoms with Gasteiger partial charge in [-0.3, -0.25) is 19.7 Å². The summed E-state index contributed by atoms with van der Waals surface area (Å²) in [7, 11) is 0. The van der Waals surface area contributed by atoms with E-state index in [2.05, 4.69) is 0 Å². The molecule has 0 radical (unpaired) electrons. The molecule has 1 rings (SSSR count). The summed E-state index contributed by atoms with van der Waals surface area (Å²) in [5, 5.41) is 10.6. The Morgan fingerprint density at radius 2 is 2.10 bits per heavy atom. The minimum Gasteiger partial charge on any atom is -0.465 e. The molecular weight excluding hydrogens is 269 g/mol. The topological polar surface area (TPSA) is 86.5 Å². The molecule has 0 bridgehead atoms. The molecule has 0 saturated carbocycles. The van der Waals surface area contributed by atoms with Crippen LogP contribution < -0.4 is 0 Å². The highest BCUT2D eigenvalue weighted by Gasteiger charge is 2.26. The van der Waals surface area contributed by atoms with Crippen LogP contribution in [0.4, 0.5) is 10.1 Å². The van der Waals surface area contributed by atoms with Gasteiger partial charge in [0.25, 0.3) is 0 Å². The normalized spacial score (nSPS) is 11.8. The van der Waals surface area contributed by atoms with E-state index in [1.165, 1.54) is 13.0 Å². The minimum atomic E-state index is -1.04. The summed E-state index contributed by atoms with van der Waals surface area (Å²) in [6.45, 7) is 2.98. The molecule has 0 aromatic heterocycles. The maximum Gasteiger partial charge on any atom is 0.316 e. The molecule has 0 N–H and O–H groups in total. The molecule has 6 nitrogen and oxygen atoms in total. The summed E-state index contributed by atoms with van der Waals surface area (Å²) >= 11 is 0. The number of nitro groups is 1. The van der Waals surface area contributed by atoms with Crippen LogP contribution in [0.15, 0.2) is 18.2 Å². The molecule has 0 heterocycles. The first-order valence-electron chi connectivity index (χ1n) is 5.96. The standard InChI is InChI=1S/C13H14FNO5/c1-3-20-13(17)10(8(2)16)6-9-4-5-11(14)12(7-9)15(18)19/h4-5,7,10H,3,6H2,1-2H3. The van der Waals surface area contributed by atoms with Crippen LogP contribution in [-0.2, 0) is 20.7 Å². The predicted octanol–water partition coefficient (Wildman–Crippen LogP) is 2.04. The number of carbonyl (C=O) groups is 2. The Morgan fingerprint density at radius 3 is 2.60 bits per heavy atom. The SMILES string of the molecule is CCOC(=O)C(Cc1ccc(F)c([N+](=O)[O-])c1)C(C)=O. The van der Waals surface area contributed by atoms with Crippen molar-refractivity contribution in [2.75, 3.05) is 6.61 Å². The Hall–Kier alpha value is -2.31. The van der Waals surface area contributed by atoms with Crippen molar-refractivity contribution in [2.24, 2.45) is 5.92 Å². The molecule has 20 heavy (non-hydrogen) atoms. The van der Waals surface area contributed by atoms with E-state index in [-0.39, 0.29) is 13.0 Å². The average molecular weight is 283 g/mol. The van der Waals surface area contributed by atoms with Crippen molar-refractivity contribution in [1.82, 2.24) is 0 Å². The van der Waals surface area contributed by atoms with Gasteiger partial charge in [0.05, 0.1) is 11.5 Å². The van der Waals surface area contributed by atoms with Gasteiger partial charge < -0.3 is 4.74 Å². The third-order valence-electron chi connectivity index (χ3n) is 2.71. The lowest BCUT2D eigenvalue weighted by molar-refractivity contribution is -0.387. The van der Waals surface area contributed by atoms with Gasteiger partial charge >= 0.3 is 11.7 Å². The van der Waals surface area contributed by atoms with Crippen molar-refractivity contribution in [3.8, 4) is 0 Å². The van der Waals surface area contributed by atoms with Crippen LogP contribution in [0.5, 0.6) is 0 Å². The summed E-state index contributed by atoms with van der Waals surface area (Å²) in [6, 6.07) is 3.26. The zero-order valence-corrected chi connectivity index (χ0v) is 11.1. The lowest BCUT2D eigenvalue weighted by Crippen LogP contribution is -2.26. The maximum absolute atomic E-state index is 13.2. The fraction of sp³-hybridized carbons (Fsp3) is 0.385. The van der Waals surface area contributed by atoms with Crippen LogP contribution in [0.1, 0.15) is 19.4 Å². The zero-order chi connectivity index (χ0) is 15.3. The quantitative estimate of drug-likeness (QED) is 0.345. The van der Waals surface area contributed by atoms with E-state index in [4.69, 9.17) is 4.74 Å². The Morgan fingerprint density at radius 1 is 1.45 bits per heavy atom. The van der Waals surface area contributed by atoms with Crippen molar-refractivity contribution in [3.63, 3.8) is 0 Å². The summed E-state index contributed by atoms with van der Waals surface area (Å²) in [5.74, 6) is -3.10. The molecule has 0 saturated heterocycles. The highest BCUT2D eigenvalue weighted by Crippen LogP contribution is 2.21. The highest BCUT2D eigenvalue weighted by molar-refractivity contribution is 5.98. The molecule has 0 fully saturated rings. The monoisotopic (exact) mass is 283 g/mol. The molecule has 108 valence electrons. The van der Waals surface area contributed by atoms with Gasteiger partial charge in [0.15, 0.2) is 0 Å². The number of ether oxygens (including phenoxy) is 1. The van der Waals surface area contributed by atoms with Gasteiger partial charge in [-0.2, -0.15) is 4.39 Å². The number of ketones is 1. The average Bonchev–Trinajstić information content (AvgIpc) is 2.37. The van der Waals surface area contributed by atoms with Crippen LogP contribution in [0.2, 0.25) is 0 Å². The van der Waals surface area contributed by atoms with E-state index in [1.807, 2.05) is 0 Å². The van der Waals surface area contributed by atoms with Crippen molar-refractivity contribution in [3.05, 3.63) is 39.7 Å². The largest absolute Gasteiger partial charge is 0.465 e. The van der Waals surface area contributed by atoms with Crippen LogP contribution >= 0.6 is 0 Å². The van der Waals surface area contributed by atoms with Gasteiger partial charge in [-0.05, 0) is 31.9 Å². The maximum atomic E-state index is 13.2. The zero-order valence-electron chi connectivity index (χ0n) is 11.1. The molecule has 0 spiro atoms. The van der Waals surface area contributed by atoms with Crippen LogP contribution in [0, 0.1) is 21.8 Å². The summed E-state index contributed by atoms with van der Waals surface area (Å²) in [6.07, 6.45) is -0.0602. The first-order valence-corrected chi connectivity index (χ1v) is 5.96. The Balaban J connectivity index is 3.00. The predicted molar refractivity (Wildman–Crippen MR) is 67.6 cm³/mol. The molecule has 1 unspecified atom stereocenters. The number of esters is 1. The fourth-order valence-electron chi connectivity index (χ4n) is 1.70. The molecule has 1 aromatic carbocycles. The van der Waals surface area contributed by atoms with Crippen LogP contribution in [0.25, 0.3) is 0 Å². The smallest absolute Gasteiger partial charge is 0.316 e. The number of halogens is 1. The van der Waals surface area contributed by atoms with Crippen molar-refractivity contribution in [2.45, 2.75) is 20.3 Å². The van der Waals surface area contributed by atoms with Crippen molar-refractivity contribution < 1.29 is 23.6 Å². The second-order valence-corrected chi connectivity index (χ2v) is 4.16. The van der Waals surface area contributed by atoms with E-state index >= 15 is 0 Å². The molecular formula is C13H14FNO5. The minimum absolute atomic E-state index is 0.0602. The molecule has 1 atom stereocenters. The summed E-state index contributed by atoms with van der Waals surface area (Å²) in [5.41, 5.74) is -0.361. The fourth-order valence-corrected chi connectivity index (χ4v) is 1.70. The first-order chi connectivity index (χ1) is 9.36. The Kier molecular flexibility index (Phi) is 5.31. The Labute approximate surface area is 114 Å². The molecule has 0 aliphatic heterocycles. The molecule has 7 heteroatoms. The number of hydrogen-bond acceptors (Lipinski definition) is 5. The van der Waals surface area contributed by atoms with Crippen LogP contribution in [0.3, 0.4) is 0 Å². The van der Waals surface area contributed by atoms with E-state index < -0.39 is 34.1 Å². The van der Waals surface area contributed by atoms with Crippen molar-refractivity contribution >= 4 is 17.4 Å². The van der Waals surface area contributed by atoms with Crippen LogP contribution in [-0.4, -0.2) is 23.3 Å². The number of rotatable bonds is 6. The molecule has 0 aliphatic rings. The number of Topliss-reactive ketones (excluding diaryl/α,β-unsaturated/α-hetero) is 1. The van der Waals surface area contributed by atoms with Gasteiger partial charge in [-0.1, -0.05) is 6.07 Å². The number of carbonyl (C=O) groups excluding carboxylic acids is 2. The number of benzene rings is 1. The van der Waals surface area contributed by atoms with Gasteiger partial charge in [0.1, 0.15) is 11.7 Å². The molecule has 0 aliphatic carbocycles. The molecule has 1 aromatic rings. The van der Waals surface area contributed by atoms with E-state index in [0.29, 0.717) is 5.56 Å². The van der Waals surface area contributed by atoms with Gasteiger partial charge in [0.2, 0.25) is 5.82 Å². The van der Waals surface area contributed by atoms with E-state index in [9.17, 15) is 24.1 Å². The van der Waals surface area contributed by atoms with E-state index in [1.54, 1.807) is 6.92 Å². The second-order valence-electron chi connectivity index (χ2n) is 4.16. The number of hydrogen-bond donors (Lipinski definition) is 0. The summed E-state index contributed by atoms with van der Waals surface area (Å²) in [4.78, 5) is 32.8. The van der Waals surface area contributed by atoms with Gasteiger partial charge in [0, 0.05) is 6.07 Å². The van der Waals surface area contributed by atoms with Crippen molar-refractivity contribution in [1.29, 1.82) is 0 Å². The third-order valence-corrected chi connectivity index (χ3v) is 2.71. The number of nitro benzene ring substituents is 1. The van der Waals surface area contributed by atoms with Gasteiger partial charge in [-0.15, -0.1) is 0 Å². The summed E-state index contributed by atoms with van der Waals surface area (Å²) < 4.78 is 18.0. The second kappa shape index (κ2) is 6.74. The number of nitrogens with zero attached hydrogens (tertiary/aromatic N) is 1. The lowest BCUT2D eigenvalue weighted by Gasteiger charge is -2.12.